The van der Waals surface area contributed by atoms with Gasteiger partial charge in [0.1, 0.15) is 0 Å². The molecule has 0 bridgehead atoms. The fourth-order valence-corrected chi connectivity index (χ4v) is 2.17. The number of rotatable bonds is 4. The van der Waals surface area contributed by atoms with E-state index in [-0.39, 0.29) is 17.9 Å². The quantitative estimate of drug-likeness (QED) is 0.769. The van der Waals surface area contributed by atoms with Crippen molar-refractivity contribution in [2.24, 2.45) is 17.6 Å². The van der Waals surface area contributed by atoms with Gasteiger partial charge in [-0.1, -0.05) is 27.2 Å². The maximum Gasteiger partial charge on any atom is 0.239 e. The van der Waals surface area contributed by atoms with Gasteiger partial charge in [0.25, 0.3) is 0 Å². The molecule has 1 aliphatic heterocycles. The van der Waals surface area contributed by atoms with E-state index in [1.165, 1.54) is 12.8 Å². The van der Waals surface area contributed by atoms with Crippen LogP contribution >= 0.6 is 0 Å². The maximum atomic E-state index is 11.9. The summed E-state index contributed by atoms with van der Waals surface area (Å²) in [5, 5.41) is 0. The van der Waals surface area contributed by atoms with Gasteiger partial charge < -0.3 is 10.6 Å². The highest BCUT2D eigenvalue weighted by atomic mass is 16.2. The predicted octanol–water partition coefficient (Wildman–Crippen LogP) is 1.62. The van der Waals surface area contributed by atoms with Gasteiger partial charge in [0.2, 0.25) is 5.91 Å². The van der Waals surface area contributed by atoms with Crippen molar-refractivity contribution in [2.45, 2.75) is 46.1 Å². The molecule has 0 aliphatic carbocycles. The Hall–Kier alpha value is -0.570. The Bertz CT molecular complexity index is 216. The van der Waals surface area contributed by atoms with E-state index in [2.05, 4.69) is 6.92 Å². The van der Waals surface area contributed by atoms with Crippen LogP contribution in [0.4, 0.5) is 0 Å². The van der Waals surface area contributed by atoms with Gasteiger partial charge in [0, 0.05) is 13.1 Å². The van der Waals surface area contributed by atoms with Crippen molar-refractivity contribution >= 4 is 5.91 Å². The molecule has 2 atom stereocenters. The Morgan fingerprint density at radius 3 is 2.73 bits per heavy atom. The number of nitrogens with two attached hydrogens (primary N) is 1. The number of amides is 1. The zero-order valence-electron chi connectivity index (χ0n) is 10.2. The van der Waals surface area contributed by atoms with Crippen molar-refractivity contribution < 1.29 is 4.79 Å². The molecule has 0 spiro atoms. The smallest absolute Gasteiger partial charge is 0.239 e. The minimum absolute atomic E-state index is 0.142. The van der Waals surface area contributed by atoms with Crippen molar-refractivity contribution in [2.75, 3.05) is 13.1 Å². The third-order valence-corrected chi connectivity index (χ3v) is 3.30. The lowest BCUT2D eigenvalue weighted by Gasteiger charge is -2.23. The van der Waals surface area contributed by atoms with Gasteiger partial charge in [0.15, 0.2) is 0 Å². The second-order valence-electron chi connectivity index (χ2n) is 5.00. The summed E-state index contributed by atoms with van der Waals surface area (Å²) in [6.45, 7) is 8.03. The van der Waals surface area contributed by atoms with E-state index >= 15 is 0 Å². The lowest BCUT2D eigenvalue weighted by molar-refractivity contribution is -0.132. The summed E-state index contributed by atoms with van der Waals surface area (Å²) in [5.41, 5.74) is 5.87. The Morgan fingerprint density at radius 1 is 1.53 bits per heavy atom. The van der Waals surface area contributed by atoms with Crippen LogP contribution in [0.2, 0.25) is 0 Å². The van der Waals surface area contributed by atoms with Gasteiger partial charge in [-0.3, -0.25) is 4.79 Å². The molecule has 0 aromatic heterocycles. The van der Waals surface area contributed by atoms with Crippen LogP contribution in [-0.2, 0) is 4.79 Å². The largest absolute Gasteiger partial charge is 0.341 e. The van der Waals surface area contributed by atoms with Crippen LogP contribution in [0.25, 0.3) is 0 Å². The first-order valence-electron chi connectivity index (χ1n) is 6.10. The maximum absolute atomic E-state index is 11.9. The normalized spacial score (nSPS) is 23.5. The summed E-state index contributed by atoms with van der Waals surface area (Å²) < 4.78 is 0. The SMILES string of the molecule is CCCC1CCN(C(=O)[C@H](N)C(C)C)C1. The molecule has 1 saturated heterocycles. The van der Waals surface area contributed by atoms with Crippen molar-refractivity contribution in [3.63, 3.8) is 0 Å². The second kappa shape index (κ2) is 5.50. The van der Waals surface area contributed by atoms with Crippen LogP contribution in [0.15, 0.2) is 0 Å². The zero-order valence-corrected chi connectivity index (χ0v) is 10.2. The predicted molar refractivity (Wildman–Crippen MR) is 62.4 cm³/mol. The number of nitrogens with zero attached hydrogens (tertiary/aromatic N) is 1. The molecule has 0 aromatic carbocycles. The third-order valence-electron chi connectivity index (χ3n) is 3.30. The second-order valence-corrected chi connectivity index (χ2v) is 5.00. The third kappa shape index (κ3) is 3.20. The molecular weight excluding hydrogens is 188 g/mol. The minimum Gasteiger partial charge on any atom is -0.341 e. The number of likely N-dealkylation sites (tertiary alicyclic amines) is 1. The first-order valence-corrected chi connectivity index (χ1v) is 6.10. The molecule has 1 heterocycles. The fourth-order valence-electron chi connectivity index (χ4n) is 2.17. The molecule has 1 unspecified atom stereocenters. The van der Waals surface area contributed by atoms with Crippen molar-refractivity contribution in [1.29, 1.82) is 0 Å². The van der Waals surface area contributed by atoms with E-state index in [4.69, 9.17) is 5.73 Å². The van der Waals surface area contributed by atoms with Crippen molar-refractivity contribution in [3.8, 4) is 0 Å². The van der Waals surface area contributed by atoms with Crippen molar-refractivity contribution in [3.05, 3.63) is 0 Å². The topological polar surface area (TPSA) is 46.3 Å². The number of carbonyl (C=O) groups excluding carboxylic acids is 1. The number of hydrogen-bond acceptors (Lipinski definition) is 2. The van der Waals surface area contributed by atoms with Gasteiger partial charge in [-0.05, 0) is 24.7 Å². The molecule has 2 N–H and O–H groups in total. The van der Waals surface area contributed by atoms with E-state index in [0.29, 0.717) is 5.92 Å². The Labute approximate surface area is 93.0 Å². The molecule has 1 amide bonds. The summed E-state index contributed by atoms with van der Waals surface area (Å²) in [4.78, 5) is 13.9. The van der Waals surface area contributed by atoms with Crippen LogP contribution in [0.1, 0.15) is 40.0 Å². The molecule has 1 rings (SSSR count). The first-order chi connectivity index (χ1) is 7.06. The standard InChI is InChI=1S/C12H24N2O/c1-4-5-10-6-7-14(8-10)12(15)11(13)9(2)3/h9-11H,4-8,13H2,1-3H3/t10?,11-/m1/s1. The summed E-state index contributed by atoms with van der Waals surface area (Å²) in [7, 11) is 0. The first kappa shape index (κ1) is 12.5. The average Bonchev–Trinajstić information content (AvgIpc) is 2.64. The highest BCUT2D eigenvalue weighted by Gasteiger charge is 2.29. The van der Waals surface area contributed by atoms with Gasteiger partial charge >= 0.3 is 0 Å². The Morgan fingerprint density at radius 2 is 2.20 bits per heavy atom. The van der Waals surface area contributed by atoms with Crippen LogP contribution in [0.5, 0.6) is 0 Å². The Balaban J connectivity index is 2.43. The summed E-state index contributed by atoms with van der Waals surface area (Å²) in [6, 6.07) is -0.314. The van der Waals surface area contributed by atoms with Gasteiger partial charge in [-0.15, -0.1) is 0 Å². The molecule has 0 aromatic rings. The van der Waals surface area contributed by atoms with E-state index in [1.807, 2.05) is 18.7 Å². The molecule has 3 heteroatoms. The highest BCUT2D eigenvalue weighted by molar-refractivity contribution is 5.82. The molecule has 88 valence electrons. The molecule has 0 saturated carbocycles. The number of hydrogen-bond donors (Lipinski definition) is 1. The van der Waals surface area contributed by atoms with Crippen LogP contribution in [-0.4, -0.2) is 29.9 Å². The van der Waals surface area contributed by atoms with E-state index in [1.54, 1.807) is 0 Å². The van der Waals surface area contributed by atoms with Crippen LogP contribution in [0.3, 0.4) is 0 Å². The zero-order chi connectivity index (χ0) is 11.4. The van der Waals surface area contributed by atoms with E-state index in [9.17, 15) is 4.79 Å². The minimum atomic E-state index is -0.314. The van der Waals surface area contributed by atoms with Crippen molar-refractivity contribution in [1.82, 2.24) is 4.90 Å². The molecule has 1 fully saturated rings. The molecule has 3 nitrogen and oxygen atoms in total. The highest BCUT2D eigenvalue weighted by Crippen LogP contribution is 2.21. The summed E-state index contributed by atoms with van der Waals surface area (Å²) in [5.74, 6) is 1.09. The van der Waals surface area contributed by atoms with Gasteiger partial charge in [0.05, 0.1) is 6.04 Å². The van der Waals surface area contributed by atoms with E-state index < -0.39 is 0 Å². The van der Waals surface area contributed by atoms with Crippen LogP contribution in [0, 0.1) is 11.8 Å². The van der Waals surface area contributed by atoms with Crippen LogP contribution < -0.4 is 5.73 Å². The van der Waals surface area contributed by atoms with Gasteiger partial charge in [-0.25, -0.2) is 0 Å². The molecular formula is C12H24N2O. The molecule has 1 aliphatic rings. The molecule has 15 heavy (non-hydrogen) atoms. The summed E-state index contributed by atoms with van der Waals surface area (Å²) >= 11 is 0. The van der Waals surface area contributed by atoms with Gasteiger partial charge in [-0.2, -0.15) is 0 Å². The van der Waals surface area contributed by atoms with E-state index in [0.717, 1.165) is 19.5 Å². The molecule has 0 radical (unpaired) electrons. The lowest BCUT2D eigenvalue weighted by atomic mass is 10.0. The average molecular weight is 212 g/mol. The monoisotopic (exact) mass is 212 g/mol. The summed E-state index contributed by atoms with van der Waals surface area (Å²) in [6.07, 6.45) is 3.61. The Kier molecular flexibility index (Phi) is 4.58. The number of carbonyl (C=O) groups is 1. The lowest BCUT2D eigenvalue weighted by Crippen LogP contribution is -2.45. The fraction of sp³-hybridized carbons (Fsp3) is 0.917.